The molecule has 2 rings (SSSR count). The molecule has 0 saturated carbocycles. The first-order chi connectivity index (χ1) is 9.93. The topological polar surface area (TPSA) is 89.3 Å². The number of carbonyl (C=O) groups excluding carboxylic acids is 1. The zero-order valence-corrected chi connectivity index (χ0v) is 12.0. The molecule has 21 heavy (non-hydrogen) atoms. The maximum atomic E-state index is 11.6. The molecule has 1 amide bonds. The lowest BCUT2D eigenvalue weighted by Crippen LogP contribution is -2.52. The second kappa shape index (κ2) is 5.97. The molecule has 0 aromatic heterocycles. The minimum absolute atomic E-state index is 0.174. The highest BCUT2D eigenvalue weighted by atomic mass is 16.3. The summed E-state index contributed by atoms with van der Waals surface area (Å²) in [6.45, 7) is 1.92. The fraction of sp³-hybridized carbons (Fsp3) is 0.235. The van der Waals surface area contributed by atoms with Crippen LogP contribution in [0.5, 0.6) is 5.75 Å². The lowest BCUT2D eigenvalue weighted by Gasteiger charge is -2.34. The van der Waals surface area contributed by atoms with Crippen molar-refractivity contribution in [2.45, 2.75) is 24.8 Å². The number of primary amides is 1. The van der Waals surface area contributed by atoms with Crippen LogP contribution in [0.3, 0.4) is 0 Å². The smallest absolute Gasteiger partial charge is 0.235 e. The molecule has 0 aliphatic heterocycles. The Morgan fingerprint density at radius 3 is 2.24 bits per heavy atom. The van der Waals surface area contributed by atoms with Crippen LogP contribution in [0, 0.1) is 0 Å². The van der Waals surface area contributed by atoms with Crippen LogP contribution in [0.2, 0.25) is 0 Å². The van der Waals surface area contributed by atoms with Gasteiger partial charge >= 0.3 is 0 Å². The van der Waals surface area contributed by atoms with Crippen LogP contribution >= 0.6 is 0 Å². The van der Waals surface area contributed by atoms with Gasteiger partial charge in [-0.15, -0.1) is 0 Å². The zero-order chi connectivity index (χ0) is 15.5. The van der Waals surface area contributed by atoms with E-state index in [2.05, 4.69) is 0 Å². The van der Waals surface area contributed by atoms with Crippen molar-refractivity contribution in [2.24, 2.45) is 11.5 Å². The van der Waals surface area contributed by atoms with Crippen molar-refractivity contribution >= 4 is 5.91 Å². The molecule has 2 unspecified atom stereocenters. The van der Waals surface area contributed by atoms with Gasteiger partial charge in [0.05, 0.1) is 6.04 Å². The number of hydrogen-bond acceptors (Lipinski definition) is 3. The highest BCUT2D eigenvalue weighted by Crippen LogP contribution is 2.32. The minimum Gasteiger partial charge on any atom is -0.508 e. The number of carbonyl (C=O) groups is 1. The van der Waals surface area contributed by atoms with Gasteiger partial charge in [0.25, 0.3) is 0 Å². The van der Waals surface area contributed by atoms with Gasteiger partial charge in [0, 0.05) is 5.41 Å². The quantitative estimate of drug-likeness (QED) is 0.780. The van der Waals surface area contributed by atoms with Crippen LogP contribution in [0.1, 0.15) is 18.1 Å². The Morgan fingerprint density at radius 1 is 1.14 bits per heavy atom. The summed E-state index contributed by atoms with van der Waals surface area (Å²) < 4.78 is 0. The van der Waals surface area contributed by atoms with E-state index in [9.17, 15) is 9.90 Å². The van der Waals surface area contributed by atoms with Gasteiger partial charge in [-0.3, -0.25) is 4.79 Å². The third-order valence-corrected chi connectivity index (χ3v) is 3.93. The van der Waals surface area contributed by atoms with Crippen molar-refractivity contribution in [1.82, 2.24) is 0 Å². The van der Waals surface area contributed by atoms with E-state index in [0.717, 1.165) is 11.1 Å². The van der Waals surface area contributed by atoms with Crippen molar-refractivity contribution in [3.63, 3.8) is 0 Å². The monoisotopic (exact) mass is 284 g/mol. The largest absolute Gasteiger partial charge is 0.508 e. The first kappa shape index (κ1) is 15.1. The van der Waals surface area contributed by atoms with Crippen molar-refractivity contribution in [3.05, 3.63) is 65.7 Å². The zero-order valence-electron chi connectivity index (χ0n) is 12.0. The van der Waals surface area contributed by atoms with Gasteiger partial charge in [-0.05, 0) is 29.7 Å². The predicted molar refractivity (Wildman–Crippen MR) is 82.8 cm³/mol. The normalized spacial score (nSPS) is 15.1. The van der Waals surface area contributed by atoms with E-state index in [4.69, 9.17) is 11.5 Å². The minimum atomic E-state index is -0.817. The average Bonchev–Trinajstić information content (AvgIpc) is 2.47. The Labute approximate surface area is 124 Å². The van der Waals surface area contributed by atoms with Crippen molar-refractivity contribution < 1.29 is 9.90 Å². The molecule has 0 bridgehead atoms. The van der Waals surface area contributed by atoms with E-state index in [1.165, 1.54) is 0 Å². The molecule has 4 nitrogen and oxygen atoms in total. The van der Waals surface area contributed by atoms with Gasteiger partial charge in [0.15, 0.2) is 0 Å². The Balaban J connectivity index is 2.43. The lowest BCUT2D eigenvalue weighted by atomic mass is 9.71. The molecule has 0 heterocycles. The van der Waals surface area contributed by atoms with E-state index in [-0.39, 0.29) is 5.75 Å². The number of phenolic OH excluding ortho intramolecular Hbond substituents is 1. The first-order valence-corrected chi connectivity index (χ1v) is 6.82. The third-order valence-electron chi connectivity index (χ3n) is 3.93. The fourth-order valence-corrected chi connectivity index (χ4v) is 2.57. The van der Waals surface area contributed by atoms with Crippen LogP contribution < -0.4 is 11.5 Å². The maximum Gasteiger partial charge on any atom is 0.235 e. The lowest BCUT2D eigenvalue weighted by molar-refractivity contribution is -0.120. The van der Waals surface area contributed by atoms with E-state index >= 15 is 0 Å². The number of hydrogen-bond donors (Lipinski definition) is 3. The summed E-state index contributed by atoms with van der Waals surface area (Å²) in [6.07, 6.45) is 0.586. The molecule has 0 radical (unpaired) electrons. The summed E-state index contributed by atoms with van der Waals surface area (Å²) in [5.41, 5.74) is 12.8. The van der Waals surface area contributed by atoms with Crippen LogP contribution in [0.15, 0.2) is 54.6 Å². The summed E-state index contributed by atoms with van der Waals surface area (Å²) in [5.74, 6) is -0.366. The standard InChI is InChI=1S/C17H20N2O2/c1-17(15(18)16(19)21,11-12-5-3-2-4-6-12)13-7-9-14(20)10-8-13/h2-10,15,20H,11,18H2,1H3,(H2,19,21). The van der Waals surface area contributed by atoms with Gasteiger partial charge < -0.3 is 16.6 Å². The fourth-order valence-electron chi connectivity index (χ4n) is 2.57. The van der Waals surface area contributed by atoms with Gasteiger partial charge in [-0.25, -0.2) is 0 Å². The number of amides is 1. The van der Waals surface area contributed by atoms with Crippen LogP contribution in [0.4, 0.5) is 0 Å². The Bertz CT molecular complexity index is 610. The number of nitrogens with two attached hydrogens (primary N) is 2. The number of rotatable bonds is 5. The summed E-state index contributed by atoms with van der Waals surface area (Å²) >= 11 is 0. The number of aromatic hydroxyl groups is 1. The molecule has 0 spiro atoms. The second-order valence-corrected chi connectivity index (χ2v) is 5.51. The highest BCUT2D eigenvalue weighted by Gasteiger charge is 2.37. The van der Waals surface area contributed by atoms with Crippen molar-refractivity contribution in [1.29, 1.82) is 0 Å². The molecule has 2 atom stereocenters. The summed E-state index contributed by atoms with van der Waals surface area (Å²) in [5, 5.41) is 9.44. The Hall–Kier alpha value is -2.33. The molecule has 0 aliphatic rings. The molecular weight excluding hydrogens is 264 g/mol. The second-order valence-electron chi connectivity index (χ2n) is 5.51. The first-order valence-electron chi connectivity index (χ1n) is 6.82. The molecule has 4 heteroatoms. The molecule has 110 valence electrons. The summed E-state index contributed by atoms with van der Waals surface area (Å²) in [4.78, 5) is 11.6. The van der Waals surface area contributed by atoms with Crippen molar-refractivity contribution in [2.75, 3.05) is 0 Å². The van der Waals surface area contributed by atoms with E-state index in [0.29, 0.717) is 6.42 Å². The predicted octanol–water partition coefficient (Wildman–Crippen LogP) is 1.71. The van der Waals surface area contributed by atoms with E-state index in [1.807, 2.05) is 37.3 Å². The van der Waals surface area contributed by atoms with Gasteiger partial charge in [-0.1, -0.05) is 49.4 Å². The number of phenols is 1. The van der Waals surface area contributed by atoms with Gasteiger partial charge in [-0.2, -0.15) is 0 Å². The summed E-state index contributed by atoms with van der Waals surface area (Å²) in [6, 6.07) is 15.7. The third kappa shape index (κ3) is 3.23. The Morgan fingerprint density at radius 2 is 1.71 bits per heavy atom. The molecule has 0 aliphatic carbocycles. The van der Waals surface area contributed by atoms with Crippen LogP contribution in [-0.2, 0) is 16.6 Å². The highest BCUT2D eigenvalue weighted by molar-refractivity contribution is 5.81. The van der Waals surface area contributed by atoms with Crippen LogP contribution in [0.25, 0.3) is 0 Å². The molecule has 2 aromatic rings. The van der Waals surface area contributed by atoms with E-state index in [1.54, 1.807) is 24.3 Å². The van der Waals surface area contributed by atoms with Crippen LogP contribution in [-0.4, -0.2) is 17.1 Å². The van der Waals surface area contributed by atoms with Crippen molar-refractivity contribution in [3.8, 4) is 5.75 Å². The SMILES string of the molecule is CC(Cc1ccccc1)(c1ccc(O)cc1)C(N)C(N)=O. The molecular formula is C17H20N2O2. The Kier molecular flexibility index (Phi) is 4.29. The maximum absolute atomic E-state index is 11.6. The molecule has 2 aromatic carbocycles. The van der Waals surface area contributed by atoms with Gasteiger partial charge in [0.2, 0.25) is 5.91 Å². The number of benzene rings is 2. The molecule has 5 N–H and O–H groups in total. The molecule has 0 saturated heterocycles. The van der Waals surface area contributed by atoms with Gasteiger partial charge in [0.1, 0.15) is 5.75 Å². The molecule has 0 fully saturated rings. The van der Waals surface area contributed by atoms with E-state index < -0.39 is 17.4 Å². The average molecular weight is 284 g/mol. The summed E-state index contributed by atoms with van der Waals surface area (Å²) in [7, 11) is 0.